The number of amidine groups is 2. The third-order valence-electron chi connectivity index (χ3n) is 10.2. The molecule has 0 radical (unpaired) electrons. The number of aliphatic imine (C=N–C) groups is 2. The summed E-state index contributed by atoms with van der Waals surface area (Å²) < 4.78 is 0. The van der Waals surface area contributed by atoms with E-state index < -0.39 is 15.8 Å². The average Bonchev–Trinajstić information content (AvgIpc) is 3.25. The van der Waals surface area contributed by atoms with Gasteiger partial charge in [-0.25, -0.2) is 9.98 Å². The van der Waals surface area contributed by atoms with E-state index in [0.717, 1.165) is 44.7 Å². The summed E-state index contributed by atoms with van der Waals surface area (Å²) in [4.78, 5) is 11.2. The molecule has 0 spiro atoms. The molecule has 4 nitrogen and oxygen atoms in total. The van der Waals surface area contributed by atoms with Crippen molar-refractivity contribution in [1.29, 1.82) is 0 Å². The maximum atomic E-state index is 5.63. The van der Waals surface area contributed by atoms with Crippen LogP contribution in [0.3, 0.4) is 0 Å². The minimum Gasteiger partial charge on any atom is -0.339 e. The fraction of sp³-hybridized carbons (Fsp3) is 0.0769. The van der Waals surface area contributed by atoms with Crippen LogP contribution in [0.2, 0.25) is 0 Å². The lowest BCUT2D eigenvalue weighted by molar-refractivity contribution is 1.37. The Balaban J connectivity index is 1.33. The van der Waals surface area contributed by atoms with Crippen molar-refractivity contribution >= 4 is 81.7 Å². The fourth-order valence-electron chi connectivity index (χ4n) is 7.26. The number of fused-ring (bicyclic) bond motifs is 1. The number of nitrogens with one attached hydrogen (secondary N) is 2. The molecule has 8 rings (SSSR count). The number of rotatable bonds is 10. The Morgan fingerprint density at radius 2 is 0.759 bits per heavy atom. The average molecular weight is 789 g/mol. The molecule has 0 aliphatic heterocycles. The number of hydrogen-bond donors (Lipinski definition) is 2. The molecule has 0 aliphatic rings. The Morgan fingerprint density at radius 1 is 0.379 bits per heavy atom. The van der Waals surface area contributed by atoms with Crippen LogP contribution in [0.5, 0.6) is 0 Å². The van der Waals surface area contributed by atoms with Gasteiger partial charge in [-0.05, 0) is 94.8 Å². The van der Waals surface area contributed by atoms with Crippen molar-refractivity contribution in [2.45, 2.75) is 27.7 Å². The molecule has 284 valence electrons. The summed E-state index contributed by atoms with van der Waals surface area (Å²) in [6.07, 6.45) is 0. The molecule has 2 N–H and O–H groups in total. The van der Waals surface area contributed by atoms with Gasteiger partial charge in [-0.3, -0.25) is 0 Å². The van der Waals surface area contributed by atoms with Gasteiger partial charge < -0.3 is 10.6 Å². The molecule has 58 heavy (non-hydrogen) atoms. The summed E-state index contributed by atoms with van der Waals surface area (Å²) in [5.74, 6) is 0. The SMILES string of the molecule is Cc1cccc(C)c1NC(=Nc1ccc2cccc(N=C(Nc3c(C)cccc3C)P(c3ccccc3)c3ccccc3)c2c1)P(c1ccccc1)c1ccccc1. The molecular formula is C52H46N4P2. The number of hydrogen-bond acceptors (Lipinski definition) is 2. The maximum Gasteiger partial charge on any atom is 0.139 e. The Bertz CT molecular complexity index is 2600. The highest BCUT2D eigenvalue weighted by molar-refractivity contribution is 7.88. The number of para-hydroxylation sites is 2. The Morgan fingerprint density at radius 3 is 1.17 bits per heavy atom. The van der Waals surface area contributed by atoms with Crippen LogP contribution < -0.4 is 31.9 Å². The Labute approximate surface area is 345 Å². The monoisotopic (exact) mass is 788 g/mol. The van der Waals surface area contributed by atoms with Crippen molar-refractivity contribution in [3.05, 3.63) is 216 Å². The molecule has 0 amide bonds. The zero-order chi connectivity index (χ0) is 39.8. The van der Waals surface area contributed by atoms with Gasteiger partial charge in [0.15, 0.2) is 0 Å². The van der Waals surface area contributed by atoms with Crippen molar-refractivity contribution in [3.63, 3.8) is 0 Å². The van der Waals surface area contributed by atoms with E-state index in [0.29, 0.717) is 0 Å². The molecule has 0 bridgehead atoms. The number of anilines is 2. The summed E-state index contributed by atoms with van der Waals surface area (Å²) in [5.41, 5.74) is 10.5. The van der Waals surface area contributed by atoms with E-state index in [1.807, 2.05) is 0 Å². The Kier molecular flexibility index (Phi) is 12.0. The van der Waals surface area contributed by atoms with Gasteiger partial charge in [0.05, 0.1) is 11.4 Å². The molecule has 0 aliphatic carbocycles. The summed E-state index contributed by atoms with van der Waals surface area (Å²) in [7, 11) is -2.10. The predicted molar refractivity (Wildman–Crippen MR) is 255 cm³/mol. The van der Waals surface area contributed by atoms with Crippen LogP contribution in [0.1, 0.15) is 22.3 Å². The normalized spacial score (nSPS) is 12.0. The van der Waals surface area contributed by atoms with Crippen molar-refractivity contribution in [2.75, 3.05) is 10.6 Å². The van der Waals surface area contributed by atoms with Crippen LogP contribution in [0.4, 0.5) is 22.7 Å². The van der Waals surface area contributed by atoms with Crippen LogP contribution >= 0.6 is 15.8 Å². The second kappa shape index (κ2) is 18.0. The molecule has 0 aromatic heterocycles. The number of benzene rings is 8. The highest BCUT2D eigenvalue weighted by atomic mass is 31.1. The van der Waals surface area contributed by atoms with Gasteiger partial charge in [-0.2, -0.15) is 0 Å². The van der Waals surface area contributed by atoms with Gasteiger partial charge >= 0.3 is 0 Å². The summed E-state index contributed by atoms with van der Waals surface area (Å²) in [6.45, 7) is 8.63. The molecular weight excluding hydrogens is 743 g/mol. The second-order valence-corrected chi connectivity index (χ2v) is 18.6. The summed E-state index contributed by atoms with van der Waals surface area (Å²) in [5, 5.41) is 14.8. The first-order chi connectivity index (χ1) is 28.4. The molecule has 0 fully saturated rings. The van der Waals surface area contributed by atoms with Gasteiger partial charge in [-0.15, -0.1) is 0 Å². The minimum atomic E-state index is -1.05. The van der Waals surface area contributed by atoms with Crippen LogP contribution in [0, 0.1) is 27.7 Å². The standard InChI is InChI=1S/C52H46N4P2/c1-37-20-17-21-38(2)49(37)55-51(57(43-25-9-5-10-26-43)44-27-11-6-12-28-44)53-42-35-34-41-24-19-33-48(47(41)36-42)54-52(56-50-39(3)22-18-23-40(50)4)58(45-29-13-7-14-30-45)46-31-15-8-16-32-46/h5-36H,1-4H3,(H,53,55)(H,54,56). The quantitative estimate of drug-likeness (QED) is 0.0824. The van der Waals surface area contributed by atoms with Crippen LogP contribution in [-0.2, 0) is 0 Å². The lowest BCUT2D eigenvalue weighted by atomic mass is 10.1. The van der Waals surface area contributed by atoms with E-state index >= 15 is 0 Å². The second-order valence-electron chi connectivity index (χ2n) is 14.4. The molecule has 0 saturated carbocycles. The van der Waals surface area contributed by atoms with E-state index in [4.69, 9.17) is 9.98 Å². The summed E-state index contributed by atoms with van der Waals surface area (Å²) in [6, 6.07) is 68.8. The van der Waals surface area contributed by atoms with Gasteiger partial charge in [0.25, 0.3) is 0 Å². The third-order valence-corrected chi connectivity index (χ3v) is 14.8. The van der Waals surface area contributed by atoms with E-state index in [9.17, 15) is 0 Å². The molecule has 8 aromatic rings. The van der Waals surface area contributed by atoms with Gasteiger partial charge in [0, 0.05) is 32.6 Å². The van der Waals surface area contributed by atoms with Crippen LogP contribution in [0.15, 0.2) is 204 Å². The molecule has 6 heteroatoms. The van der Waals surface area contributed by atoms with Gasteiger partial charge in [0.2, 0.25) is 0 Å². The van der Waals surface area contributed by atoms with Crippen molar-refractivity contribution < 1.29 is 0 Å². The van der Waals surface area contributed by atoms with E-state index in [-0.39, 0.29) is 0 Å². The van der Waals surface area contributed by atoms with Gasteiger partial charge in [-0.1, -0.05) is 176 Å². The first-order valence-corrected chi connectivity index (χ1v) is 22.3. The lowest BCUT2D eigenvalue weighted by Gasteiger charge is -2.24. The highest BCUT2D eigenvalue weighted by Gasteiger charge is 2.24. The van der Waals surface area contributed by atoms with Crippen molar-refractivity contribution in [2.24, 2.45) is 9.98 Å². The Hall–Kier alpha value is -6.18. The smallest absolute Gasteiger partial charge is 0.139 e. The zero-order valence-corrected chi connectivity index (χ0v) is 35.1. The van der Waals surface area contributed by atoms with E-state index in [2.05, 4.69) is 232 Å². The first kappa shape index (κ1) is 38.7. The molecule has 0 atom stereocenters. The van der Waals surface area contributed by atoms with Crippen molar-refractivity contribution in [1.82, 2.24) is 0 Å². The van der Waals surface area contributed by atoms with Crippen LogP contribution in [0.25, 0.3) is 10.8 Å². The predicted octanol–water partition coefficient (Wildman–Crippen LogP) is 12.5. The maximum absolute atomic E-state index is 5.63. The first-order valence-electron chi connectivity index (χ1n) is 19.6. The summed E-state index contributed by atoms with van der Waals surface area (Å²) >= 11 is 0. The topological polar surface area (TPSA) is 48.8 Å². The highest BCUT2D eigenvalue weighted by Crippen LogP contribution is 2.42. The van der Waals surface area contributed by atoms with Crippen molar-refractivity contribution in [3.8, 4) is 0 Å². The zero-order valence-electron chi connectivity index (χ0n) is 33.3. The van der Waals surface area contributed by atoms with Gasteiger partial charge in [0.1, 0.15) is 11.2 Å². The number of nitrogens with zero attached hydrogens (tertiary/aromatic N) is 2. The van der Waals surface area contributed by atoms with E-state index in [1.165, 1.54) is 43.5 Å². The molecule has 0 unspecified atom stereocenters. The minimum absolute atomic E-state index is 0.862. The molecule has 0 saturated heterocycles. The van der Waals surface area contributed by atoms with E-state index in [1.54, 1.807) is 0 Å². The number of aryl methyl sites for hydroxylation is 4. The fourth-order valence-corrected chi connectivity index (χ4v) is 11.6. The lowest BCUT2D eigenvalue weighted by Crippen LogP contribution is -2.24. The molecule has 0 heterocycles. The van der Waals surface area contributed by atoms with Crippen LogP contribution in [-0.4, -0.2) is 11.2 Å². The largest absolute Gasteiger partial charge is 0.339 e. The molecule has 8 aromatic carbocycles. The third kappa shape index (κ3) is 8.70.